The van der Waals surface area contributed by atoms with Gasteiger partial charge < -0.3 is 4.90 Å². The first-order valence-corrected chi connectivity index (χ1v) is 6.82. The van der Waals surface area contributed by atoms with Crippen LogP contribution < -0.4 is 5.32 Å². The predicted molar refractivity (Wildman–Crippen MR) is 71.7 cm³/mol. The number of carbonyl (C=O) groups is 1. The van der Waals surface area contributed by atoms with Crippen molar-refractivity contribution in [2.45, 2.75) is 72.5 Å². The number of nitrogens with zero attached hydrogens (tertiary/aromatic N) is 1. The van der Waals surface area contributed by atoms with Crippen LogP contribution in [-0.2, 0) is 4.79 Å². The van der Waals surface area contributed by atoms with Crippen molar-refractivity contribution in [3.05, 3.63) is 0 Å². The van der Waals surface area contributed by atoms with Gasteiger partial charge >= 0.3 is 0 Å². The van der Waals surface area contributed by atoms with Crippen molar-refractivity contribution in [1.82, 2.24) is 10.2 Å². The van der Waals surface area contributed by atoms with E-state index in [-0.39, 0.29) is 23.0 Å². The highest BCUT2D eigenvalue weighted by Crippen LogP contribution is 2.27. The lowest BCUT2D eigenvalue weighted by molar-refractivity contribution is -0.133. The third-order valence-corrected chi connectivity index (χ3v) is 3.79. The van der Waals surface area contributed by atoms with E-state index in [4.69, 9.17) is 0 Å². The van der Waals surface area contributed by atoms with Gasteiger partial charge in [0.2, 0.25) is 5.91 Å². The molecule has 1 fully saturated rings. The first-order chi connectivity index (χ1) is 7.73. The number of amides is 1. The van der Waals surface area contributed by atoms with Crippen LogP contribution in [-0.4, -0.2) is 29.1 Å². The van der Waals surface area contributed by atoms with E-state index in [1.54, 1.807) is 0 Å². The molecule has 0 aliphatic carbocycles. The Labute approximate surface area is 106 Å². The molecule has 1 amide bonds. The molecule has 0 spiro atoms. The number of hydrogen-bond donors (Lipinski definition) is 1. The summed E-state index contributed by atoms with van der Waals surface area (Å²) in [5.74, 6) is 0.274. The molecule has 0 saturated carbocycles. The van der Waals surface area contributed by atoms with Crippen molar-refractivity contribution < 1.29 is 4.79 Å². The molecule has 2 unspecified atom stereocenters. The second kappa shape index (κ2) is 4.97. The highest BCUT2D eigenvalue weighted by Gasteiger charge is 2.45. The third kappa shape index (κ3) is 3.21. The molecule has 0 bridgehead atoms. The van der Waals surface area contributed by atoms with E-state index in [0.717, 1.165) is 25.8 Å². The van der Waals surface area contributed by atoms with Gasteiger partial charge in [-0.25, -0.2) is 0 Å². The van der Waals surface area contributed by atoms with Crippen LogP contribution in [0.4, 0.5) is 0 Å². The summed E-state index contributed by atoms with van der Waals surface area (Å²) >= 11 is 0. The summed E-state index contributed by atoms with van der Waals surface area (Å²) < 4.78 is 0. The second-order valence-corrected chi connectivity index (χ2v) is 6.56. The quantitative estimate of drug-likeness (QED) is 0.819. The highest BCUT2D eigenvalue weighted by atomic mass is 16.2. The minimum atomic E-state index is -0.349. The Bertz CT molecular complexity index is 282. The molecule has 1 heterocycles. The van der Waals surface area contributed by atoms with Gasteiger partial charge in [-0.05, 0) is 31.6 Å². The summed E-state index contributed by atoms with van der Waals surface area (Å²) in [6.45, 7) is 13.8. The highest BCUT2D eigenvalue weighted by molar-refractivity contribution is 5.88. The molecule has 0 radical (unpaired) electrons. The van der Waals surface area contributed by atoms with Gasteiger partial charge in [-0.3, -0.25) is 10.1 Å². The minimum Gasteiger partial charge on any atom is -0.326 e. The van der Waals surface area contributed by atoms with E-state index in [2.05, 4.69) is 39.9 Å². The fourth-order valence-electron chi connectivity index (χ4n) is 2.25. The lowest BCUT2D eigenvalue weighted by Gasteiger charge is -2.27. The number of nitrogens with one attached hydrogen (secondary N) is 1. The van der Waals surface area contributed by atoms with Crippen LogP contribution in [0.25, 0.3) is 0 Å². The van der Waals surface area contributed by atoms with E-state index in [0.29, 0.717) is 0 Å². The van der Waals surface area contributed by atoms with Crippen LogP contribution in [0.5, 0.6) is 0 Å². The molecule has 1 N–H and O–H groups in total. The monoisotopic (exact) mass is 240 g/mol. The van der Waals surface area contributed by atoms with E-state index >= 15 is 0 Å². The summed E-state index contributed by atoms with van der Waals surface area (Å²) in [7, 11) is 0. The van der Waals surface area contributed by atoms with Crippen LogP contribution >= 0.6 is 0 Å². The minimum absolute atomic E-state index is 0.217. The molecule has 1 rings (SSSR count). The molecule has 17 heavy (non-hydrogen) atoms. The van der Waals surface area contributed by atoms with Crippen LogP contribution in [0.2, 0.25) is 0 Å². The summed E-state index contributed by atoms with van der Waals surface area (Å²) in [5.41, 5.74) is -0.0671. The molecule has 1 aliphatic rings. The number of hydrogen-bond acceptors (Lipinski definition) is 2. The summed E-state index contributed by atoms with van der Waals surface area (Å²) in [4.78, 5) is 14.4. The van der Waals surface area contributed by atoms with Gasteiger partial charge in [0.05, 0.1) is 11.7 Å². The fraction of sp³-hybridized carbons (Fsp3) is 0.929. The Morgan fingerprint density at radius 1 is 1.35 bits per heavy atom. The van der Waals surface area contributed by atoms with Gasteiger partial charge in [0, 0.05) is 6.54 Å². The molecule has 100 valence electrons. The van der Waals surface area contributed by atoms with Crippen LogP contribution in [0, 0.1) is 5.41 Å². The first kappa shape index (κ1) is 14.5. The van der Waals surface area contributed by atoms with Gasteiger partial charge in [0.25, 0.3) is 0 Å². The zero-order chi connectivity index (χ0) is 13.3. The summed E-state index contributed by atoms with van der Waals surface area (Å²) in [5, 5.41) is 3.48. The average Bonchev–Trinajstić information content (AvgIpc) is 2.49. The summed E-state index contributed by atoms with van der Waals surface area (Å²) in [6.07, 6.45) is 3.10. The molecular formula is C14H28N2O. The lowest BCUT2D eigenvalue weighted by Crippen LogP contribution is -2.43. The Morgan fingerprint density at radius 3 is 2.35 bits per heavy atom. The maximum absolute atomic E-state index is 12.4. The van der Waals surface area contributed by atoms with Crippen molar-refractivity contribution in [2.75, 3.05) is 6.54 Å². The second-order valence-electron chi connectivity index (χ2n) is 6.56. The van der Waals surface area contributed by atoms with Crippen molar-refractivity contribution >= 4 is 5.91 Å². The Hall–Kier alpha value is -0.570. The van der Waals surface area contributed by atoms with Gasteiger partial charge in [-0.15, -0.1) is 0 Å². The normalized spacial score (nSPS) is 30.1. The molecule has 1 aliphatic heterocycles. The maximum Gasteiger partial charge on any atom is 0.243 e. The van der Waals surface area contributed by atoms with Crippen molar-refractivity contribution in [1.29, 1.82) is 0 Å². The fourth-order valence-corrected chi connectivity index (χ4v) is 2.25. The van der Waals surface area contributed by atoms with E-state index in [1.165, 1.54) is 0 Å². The van der Waals surface area contributed by atoms with Gasteiger partial charge in [-0.1, -0.05) is 34.6 Å². The van der Waals surface area contributed by atoms with Crippen molar-refractivity contribution in [3.8, 4) is 0 Å². The molecule has 0 aromatic rings. The van der Waals surface area contributed by atoms with E-state index < -0.39 is 0 Å². The standard InChI is InChI=1S/C14H28N2O/c1-7-11-15-14(6,8-2)12(17)16(11)10-9-13(3,4)5/h11,15H,7-10H2,1-6H3. The summed E-state index contributed by atoms with van der Waals surface area (Å²) in [6, 6.07) is 0. The lowest BCUT2D eigenvalue weighted by atomic mass is 9.92. The molecule has 2 atom stereocenters. The zero-order valence-electron chi connectivity index (χ0n) is 12.3. The van der Waals surface area contributed by atoms with Crippen LogP contribution in [0.3, 0.4) is 0 Å². The first-order valence-electron chi connectivity index (χ1n) is 6.82. The van der Waals surface area contributed by atoms with Gasteiger partial charge in [0.15, 0.2) is 0 Å². The van der Waals surface area contributed by atoms with Crippen LogP contribution in [0.1, 0.15) is 60.8 Å². The largest absolute Gasteiger partial charge is 0.326 e. The van der Waals surface area contributed by atoms with E-state index in [1.807, 2.05) is 11.8 Å². The number of carbonyl (C=O) groups excluding carboxylic acids is 1. The SMILES string of the molecule is CCC1NC(C)(CC)C(=O)N1CCC(C)(C)C. The molecule has 0 aromatic heterocycles. The molecule has 3 heteroatoms. The Balaban J connectivity index is 2.73. The zero-order valence-corrected chi connectivity index (χ0v) is 12.3. The topological polar surface area (TPSA) is 32.3 Å². The molecular weight excluding hydrogens is 212 g/mol. The Kier molecular flexibility index (Phi) is 4.23. The maximum atomic E-state index is 12.4. The van der Waals surface area contributed by atoms with Gasteiger partial charge in [0.1, 0.15) is 0 Å². The molecule has 3 nitrogen and oxygen atoms in total. The Morgan fingerprint density at radius 2 is 1.94 bits per heavy atom. The predicted octanol–water partition coefficient (Wildman–Crippen LogP) is 2.76. The molecule has 1 saturated heterocycles. The van der Waals surface area contributed by atoms with E-state index in [9.17, 15) is 4.79 Å². The molecule has 0 aromatic carbocycles. The van der Waals surface area contributed by atoms with Gasteiger partial charge in [-0.2, -0.15) is 0 Å². The third-order valence-electron chi connectivity index (χ3n) is 3.79. The average molecular weight is 240 g/mol. The van der Waals surface area contributed by atoms with Crippen molar-refractivity contribution in [3.63, 3.8) is 0 Å². The van der Waals surface area contributed by atoms with Crippen LogP contribution in [0.15, 0.2) is 0 Å². The number of rotatable bonds is 4. The smallest absolute Gasteiger partial charge is 0.243 e. The van der Waals surface area contributed by atoms with Crippen molar-refractivity contribution in [2.24, 2.45) is 5.41 Å².